The summed E-state index contributed by atoms with van der Waals surface area (Å²) in [5.41, 5.74) is 4.63. The number of carboxylic acid groups (broad SMARTS) is 1. The van der Waals surface area contributed by atoms with Gasteiger partial charge in [0, 0.05) is 21.8 Å². The van der Waals surface area contributed by atoms with Crippen molar-refractivity contribution in [3.8, 4) is 22.8 Å². The number of aromatic nitrogens is 3. The van der Waals surface area contributed by atoms with Crippen molar-refractivity contribution in [1.29, 1.82) is 0 Å². The fourth-order valence-electron chi connectivity index (χ4n) is 3.15. The maximum atomic E-state index is 12.4. The third-order valence-electron chi connectivity index (χ3n) is 4.74. The van der Waals surface area contributed by atoms with Crippen LogP contribution in [-0.2, 0) is 9.59 Å². The van der Waals surface area contributed by atoms with Crippen molar-refractivity contribution in [3.63, 3.8) is 0 Å². The molecule has 9 nitrogen and oxygen atoms in total. The van der Waals surface area contributed by atoms with E-state index in [1.165, 1.54) is 18.0 Å². The Morgan fingerprint density at radius 1 is 1.03 bits per heavy atom. The molecule has 36 heavy (non-hydrogen) atoms. The SMILES string of the molecule is O=C([O-])COc1ccccc1C=NNC(=O)CSc1nnc(-c2ccccc2)n1-c1ccc(Cl)cc1. The van der Waals surface area contributed by atoms with Gasteiger partial charge in [0.05, 0.1) is 17.9 Å². The Morgan fingerprint density at radius 3 is 2.50 bits per heavy atom. The lowest BCUT2D eigenvalue weighted by atomic mass is 10.2. The minimum Gasteiger partial charge on any atom is -0.546 e. The molecular formula is C25H19ClN5O4S-. The summed E-state index contributed by atoms with van der Waals surface area (Å²) in [6.45, 7) is -0.590. The van der Waals surface area contributed by atoms with E-state index in [-0.39, 0.29) is 11.7 Å². The zero-order valence-corrected chi connectivity index (χ0v) is 20.3. The first-order valence-corrected chi connectivity index (χ1v) is 12.0. The largest absolute Gasteiger partial charge is 0.546 e. The molecule has 0 atom stereocenters. The van der Waals surface area contributed by atoms with Gasteiger partial charge in [-0.05, 0) is 36.4 Å². The fourth-order valence-corrected chi connectivity index (χ4v) is 4.02. The van der Waals surface area contributed by atoms with E-state index in [0.29, 0.717) is 27.3 Å². The van der Waals surface area contributed by atoms with Crippen LogP contribution in [0.5, 0.6) is 5.75 Å². The standard InChI is InChI=1S/C25H20ClN5O4S/c26-19-10-12-20(13-11-19)31-24(17-6-2-1-3-7-17)29-30-25(31)36-16-22(32)28-27-14-18-8-4-5-9-21(18)35-15-23(33)34/h1-14H,15-16H2,(H,28,32)(H,33,34)/p-1. The third-order valence-corrected chi connectivity index (χ3v) is 5.92. The third kappa shape index (κ3) is 6.49. The monoisotopic (exact) mass is 520 g/mol. The summed E-state index contributed by atoms with van der Waals surface area (Å²) in [6, 6.07) is 23.6. The number of amides is 1. The Hall–Kier alpha value is -4.15. The second kappa shape index (κ2) is 12.0. The molecule has 0 saturated carbocycles. The molecule has 182 valence electrons. The van der Waals surface area contributed by atoms with Crippen LogP contribution in [0.3, 0.4) is 0 Å². The van der Waals surface area contributed by atoms with Crippen molar-refractivity contribution >= 4 is 41.5 Å². The molecule has 1 aromatic heterocycles. The van der Waals surface area contributed by atoms with Crippen LogP contribution in [0.4, 0.5) is 0 Å². The number of halogens is 1. The summed E-state index contributed by atoms with van der Waals surface area (Å²) in [5.74, 6) is -0.739. The van der Waals surface area contributed by atoms with E-state index in [2.05, 4.69) is 20.7 Å². The first-order valence-electron chi connectivity index (χ1n) is 10.6. The number of hydrazone groups is 1. The van der Waals surface area contributed by atoms with E-state index in [1.54, 1.807) is 36.4 Å². The predicted octanol–water partition coefficient (Wildman–Crippen LogP) is 2.96. The van der Waals surface area contributed by atoms with E-state index < -0.39 is 12.6 Å². The van der Waals surface area contributed by atoms with Gasteiger partial charge in [0.15, 0.2) is 11.0 Å². The highest BCUT2D eigenvalue weighted by Gasteiger charge is 2.17. The first kappa shape index (κ1) is 25.0. The topological polar surface area (TPSA) is 122 Å². The van der Waals surface area contributed by atoms with Gasteiger partial charge in [-0.15, -0.1) is 10.2 Å². The average molecular weight is 521 g/mol. The number of hydrogen-bond acceptors (Lipinski definition) is 8. The molecule has 1 amide bonds. The van der Waals surface area contributed by atoms with Crippen molar-refractivity contribution < 1.29 is 19.4 Å². The number of hydrogen-bond donors (Lipinski definition) is 1. The van der Waals surface area contributed by atoms with Crippen LogP contribution >= 0.6 is 23.4 Å². The number of thioether (sulfide) groups is 1. The maximum absolute atomic E-state index is 12.4. The molecule has 0 unspecified atom stereocenters. The normalized spacial score (nSPS) is 10.9. The number of ether oxygens (including phenoxy) is 1. The van der Waals surface area contributed by atoms with Crippen molar-refractivity contribution in [1.82, 2.24) is 20.2 Å². The Kier molecular flexibility index (Phi) is 8.32. The van der Waals surface area contributed by atoms with E-state index in [4.69, 9.17) is 16.3 Å². The van der Waals surface area contributed by atoms with Gasteiger partial charge in [-0.3, -0.25) is 9.36 Å². The van der Waals surface area contributed by atoms with Gasteiger partial charge in [0.1, 0.15) is 12.4 Å². The molecular weight excluding hydrogens is 502 g/mol. The highest BCUT2D eigenvalue weighted by Crippen LogP contribution is 2.28. The summed E-state index contributed by atoms with van der Waals surface area (Å²) >= 11 is 7.26. The zero-order chi connectivity index (χ0) is 25.3. The molecule has 0 saturated heterocycles. The Bertz CT molecular complexity index is 1380. The molecule has 11 heteroatoms. The number of aliphatic carboxylic acids is 1. The van der Waals surface area contributed by atoms with Gasteiger partial charge in [-0.1, -0.05) is 65.8 Å². The molecule has 3 aromatic carbocycles. The van der Waals surface area contributed by atoms with Crippen LogP contribution < -0.4 is 15.3 Å². The molecule has 0 fully saturated rings. The predicted molar refractivity (Wildman–Crippen MR) is 135 cm³/mol. The minimum atomic E-state index is -1.34. The van der Waals surface area contributed by atoms with Crippen molar-refractivity contribution in [2.75, 3.05) is 12.4 Å². The van der Waals surface area contributed by atoms with E-state index in [9.17, 15) is 14.7 Å². The van der Waals surface area contributed by atoms with Gasteiger partial charge >= 0.3 is 0 Å². The van der Waals surface area contributed by atoms with Gasteiger partial charge in [-0.25, -0.2) is 5.43 Å². The second-order valence-corrected chi connectivity index (χ2v) is 8.64. The van der Waals surface area contributed by atoms with Crippen LogP contribution in [0.15, 0.2) is 89.1 Å². The van der Waals surface area contributed by atoms with E-state index in [1.807, 2.05) is 47.0 Å². The van der Waals surface area contributed by atoms with Crippen LogP contribution in [-0.4, -0.2) is 45.2 Å². The van der Waals surface area contributed by atoms with Crippen molar-refractivity contribution in [2.45, 2.75) is 5.16 Å². The number of carboxylic acids is 1. The summed E-state index contributed by atoms with van der Waals surface area (Å²) in [6.07, 6.45) is 1.37. The summed E-state index contributed by atoms with van der Waals surface area (Å²) in [5, 5.41) is 24.3. The molecule has 0 spiro atoms. The van der Waals surface area contributed by atoms with E-state index in [0.717, 1.165) is 11.3 Å². The highest BCUT2D eigenvalue weighted by atomic mass is 35.5. The smallest absolute Gasteiger partial charge is 0.250 e. The number of nitrogens with zero attached hydrogens (tertiary/aromatic N) is 4. The van der Waals surface area contributed by atoms with Gasteiger partial charge in [-0.2, -0.15) is 5.10 Å². The van der Waals surface area contributed by atoms with Crippen LogP contribution in [0.2, 0.25) is 5.02 Å². The lowest BCUT2D eigenvalue weighted by molar-refractivity contribution is -0.307. The molecule has 0 aliphatic carbocycles. The van der Waals surface area contributed by atoms with Gasteiger partial charge in [0.25, 0.3) is 5.91 Å². The molecule has 4 rings (SSSR count). The number of carbonyl (C=O) groups is 2. The number of nitrogens with one attached hydrogen (secondary N) is 1. The molecule has 0 radical (unpaired) electrons. The van der Waals surface area contributed by atoms with Gasteiger partial charge in [0.2, 0.25) is 0 Å². The van der Waals surface area contributed by atoms with Crippen molar-refractivity contribution in [2.24, 2.45) is 5.10 Å². The average Bonchev–Trinajstić information content (AvgIpc) is 3.32. The molecule has 0 aliphatic heterocycles. The number of carbonyl (C=O) groups excluding carboxylic acids is 2. The minimum absolute atomic E-state index is 0.0285. The Labute approximate surface area is 215 Å². The van der Waals surface area contributed by atoms with Crippen LogP contribution in [0, 0.1) is 0 Å². The highest BCUT2D eigenvalue weighted by molar-refractivity contribution is 7.99. The molecule has 0 bridgehead atoms. The first-order chi connectivity index (χ1) is 17.5. The lowest BCUT2D eigenvalue weighted by Crippen LogP contribution is -2.29. The number of para-hydroxylation sites is 1. The van der Waals surface area contributed by atoms with Crippen molar-refractivity contribution in [3.05, 3.63) is 89.4 Å². The Morgan fingerprint density at radius 2 is 1.75 bits per heavy atom. The second-order valence-electron chi connectivity index (χ2n) is 7.26. The molecule has 0 aliphatic rings. The molecule has 1 heterocycles. The Balaban J connectivity index is 1.45. The molecule has 1 N–H and O–H groups in total. The maximum Gasteiger partial charge on any atom is 0.250 e. The van der Waals surface area contributed by atoms with Gasteiger partial charge < -0.3 is 14.6 Å². The summed E-state index contributed by atoms with van der Waals surface area (Å²) in [7, 11) is 0. The summed E-state index contributed by atoms with van der Waals surface area (Å²) in [4.78, 5) is 23.1. The van der Waals surface area contributed by atoms with E-state index >= 15 is 0 Å². The summed E-state index contributed by atoms with van der Waals surface area (Å²) < 4.78 is 7.03. The van der Waals surface area contributed by atoms with Crippen LogP contribution in [0.25, 0.3) is 17.1 Å². The lowest BCUT2D eigenvalue weighted by Gasteiger charge is -2.10. The number of rotatable bonds is 10. The molecule has 4 aromatic rings. The van der Waals surface area contributed by atoms with Crippen LogP contribution in [0.1, 0.15) is 5.56 Å². The fraction of sp³-hybridized carbons (Fsp3) is 0.0800. The zero-order valence-electron chi connectivity index (χ0n) is 18.7. The quantitative estimate of drug-likeness (QED) is 0.194. The number of benzene rings is 3.